The molecule has 0 aliphatic heterocycles. The highest BCUT2D eigenvalue weighted by Crippen LogP contribution is 2.24. The second kappa shape index (κ2) is 5.59. The summed E-state index contributed by atoms with van der Waals surface area (Å²) >= 11 is 5.77. The molecule has 0 saturated heterocycles. The summed E-state index contributed by atoms with van der Waals surface area (Å²) in [5.74, 6) is -0.686. The number of rotatable bonds is 3. The van der Waals surface area contributed by atoms with Crippen LogP contribution >= 0.6 is 11.6 Å². The zero-order valence-electron chi connectivity index (χ0n) is 11.3. The van der Waals surface area contributed by atoms with E-state index in [1.807, 2.05) is 24.3 Å². The maximum absolute atomic E-state index is 13.7. The molecule has 0 unspecified atom stereocenters. The van der Waals surface area contributed by atoms with Gasteiger partial charge in [-0.05, 0) is 41.1 Å². The molecule has 0 aromatic heterocycles. The van der Waals surface area contributed by atoms with Crippen molar-refractivity contribution in [1.29, 1.82) is 0 Å². The number of hydrogen-bond acceptors (Lipinski definition) is 2. The monoisotopic (exact) mass is 335 g/mol. The van der Waals surface area contributed by atoms with Gasteiger partial charge in [-0.1, -0.05) is 41.9 Å². The zero-order valence-corrected chi connectivity index (χ0v) is 12.8. The van der Waals surface area contributed by atoms with Crippen LogP contribution in [0.1, 0.15) is 0 Å². The minimum absolute atomic E-state index is 0.0607. The highest BCUT2D eigenvalue weighted by molar-refractivity contribution is 7.92. The molecule has 0 radical (unpaired) electrons. The van der Waals surface area contributed by atoms with Crippen LogP contribution in [0, 0.1) is 5.82 Å². The Morgan fingerprint density at radius 2 is 1.64 bits per heavy atom. The summed E-state index contributed by atoms with van der Waals surface area (Å²) in [4.78, 5) is 0.0607. The number of benzene rings is 3. The highest BCUT2D eigenvalue weighted by Gasteiger charge is 2.17. The molecule has 112 valence electrons. The number of sulfonamides is 1. The molecule has 3 rings (SSSR count). The van der Waals surface area contributed by atoms with Gasteiger partial charge in [0, 0.05) is 5.02 Å². The van der Waals surface area contributed by atoms with Crippen molar-refractivity contribution >= 4 is 38.1 Å². The first kappa shape index (κ1) is 14.8. The van der Waals surface area contributed by atoms with E-state index in [9.17, 15) is 12.8 Å². The van der Waals surface area contributed by atoms with Crippen molar-refractivity contribution < 1.29 is 12.8 Å². The molecule has 1 N–H and O–H groups in total. The lowest BCUT2D eigenvalue weighted by molar-refractivity contribution is 0.598. The summed E-state index contributed by atoms with van der Waals surface area (Å²) in [6.45, 7) is 0. The minimum Gasteiger partial charge on any atom is -0.277 e. The Morgan fingerprint density at radius 1 is 0.909 bits per heavy atom. The average Bonchev–Trinajstić information content (AvgIpc) is 2.50. The fourth-order valence-corrected chi connectivity index (χ4v) is 3.38. The normalized spacial score (nSPS) is 11.5. The summed E-state index contributed by atoms with van der Waals surface area (Å²) in [5, 5.41) is 1.96. The lowest BCUT2D eigenvalue weighted by Gasteiger charge is -2.10. The van der Waals surface area contributed by atoms with Gasteiger partial charge in [-0.15, -0.1) is 0 Å². The molecule has 3 aromatic rings. The van der Waals surface area contributed by atoms with Gasteiger partial charge >= 0.3 is 0 Å². The van der Waals surface area contributed by atoms with E-state index in [1.54, 1.807) is 12.1 Å². The summed E-state index contributed by atoms with van der Waals surface area (Å²) in [6.07, 6.45) is 0. The van der Waals surface area contributed by atoms with Gasteiger partial charge in [-0.25, -0.2) is 12.8 Å². The molecule has 0 atom stereocenters. The molecule has 0 saturated carbocycles. The van der Waals surface area contributed by atoms with E-state index in [0.29, 0.717) is 0 Å². The third kappa shape index (κ3) is 2.91. The van der Waals surface area contributed by atoms with Gasteiger partial charge < -0.3 is 0 Å². The van der Waals surface area contributed by atoms with Crippen LogP contribution in [0.2, 0.25) is 5.02 Å². The van der Waals surface area contributed by atoms with Gasteiger partial charge in [-0.2, -0.15) is 0 Å². The van der Waals surface area contributed by atoms with Crippen LogP contribution in [-0.2, 0) is 10.0 Å². The van der Waals surface area contributed by atoms with Crippen molar-refractivity contribution in [2.45, 2.75) is 4.90 Å². The quantitative estimate of drug-likeness (QED) is 0.769. The van der Waals surface area contributed by atoms with Crippen molar-refractivity contribution in [2.75, 3.05) is 4.72 Å². The molecule has 0 bridgehead atoms. The second-order valence-electron chi connectivity index (χ2n) is 4.74. The first-order valence-corrected chi connectivity index (χ1v) is 8.28. The van der Waals surface area contributed by atoms with Crippen molar-refractivity contribution in [1.82, 2.24) is 0 Å². The zero-order chi connectivity index (χ0) is 15.7. The molecule has 3 aromatic carbocycles. The third-order valence-electron chi connectivity index (χ3n) is 3.20. The van der Waals surface area contributed by atoms with Crippen LogP contribution in [0.5, 0.6) is 0 Å². The molecule has 0 fully saturated rings. The number of nitrogens with one attached hydrogen (secondary N) is 1. The molecule has 0 spiro atoms. The maximum atomic E-state index is 13.7. The van der Waals surface area contributed by atoms with Crippen molar-refractivity contribution in [3.8, 4) is 0 Å². The van der Waals surface area contributed by atoms with Gasteiger partial charge in [0.05, 0.1) is 10.6 Å². The lowest BCUT2D eigenvalue weighted by atomic mass is 10.1. The predicted molar refractivity (Wildman–Crippen MR) is 86.2 cm³/mol. The van der Waals surface area contributed by atoms with Gasteiger partial charge in [0.15, 0.2) is 0 Å². The molecule has 0 aliphatic carbocycles. The Kier molecular flexibility index (Phi) is 3.76. The van der Waals surface area contributed by atoms with Gasteiger partial charge in [0.1, 0.15) is 5.82 Å². The molecular weight excluding hydrogens is 325 g/mol. The molecule has 6 heteroatoms. The Bertz CT molecular complexity index is 957. The van der Waals surface area contributed by atoms with E-state index < -0.39 is 15.8 Å². The summed E-state index contributed by atoms with van der Waals surface area (Å²) in [6, 6.07) is 15.8. The average molecular weight is 336 g/mol. The van der Waals surface area contributed by atoms with Crippen LogP contribution in [0.4, 0.5) is 10.1 Å². The molecule has 0 aliphatic rings. The van der Waals surface area contributed by atoms with Gasteiger partial charge in [0.25, 0.3) is 10.0 Å². The Hall–Kier alpha value is -2.11. The van der Waals surface area contributed by atoms with Crippen molar-refractivity contribution in [3.63, 3.8) is 0 Å². The summed E-state index contributed by atoms with van der Waals surface area (Å²) in [5.41, 5.74) is -0.180. The van der Waals surface area contributed by atoms with Crippen LogP contribution in [0.25, 0.3) is 10.8 Å². The molecular formula is C16H11ClFNO2S. The first-order chi connectivity index (χ1) is 10.5. The van der Waals surface area contributed by atoms with Gasteiger partial charge in [0.2, 0.25) is 0 Å². The predicted octanol–water partition coefficient (Wildman–Crippen LogP) is 4.43. The number of halogens is 2. The fourth-order valence-electron chi connectivity index (χ4n) is 2.11. The first-order valence-electron chi connectivity index (χ1n) is 6.42. The van der Waals surface area contributed by atoms with E-state index >= 15 is 0 Å². The molecule has 3 nitrogen and oxygen atoms in total. The smallest absolute Gasteiger partial charge is 0.262 e. The lowest BCUT2D eigenvalue weighted by Crippen LogP contribution is -2.14. The SMILES string of the molecule is O=S(=O)(Nc1cc(Cl)ccc1F)c1ccc2ccccc2c1. The van der Waals surface area contributed by atoms with E-state index in [1.165, 1.54) is 18.2 Å². The Labute approximate surface area is 132 Å². The van der Waals surface area contributed by atoms with Crippen LogP contribution in [0.3, 0.4) is 0 Å². The standard InChI is InChI=1S/C16H11ClFNO2S/c17-13-6-8-15(18)16(10-13)19-22(20,21)14-7-5-11-3-1-2-4-12(11)9-14/h1-10,19H. The summed E-state index contributed by atoms with van der Waals surface area (Å²) in [7, 11) is -3.89. The van der Waals surface area contributed by atoms with Crippen LogP contribution in [-0.4, -0.2) is 8.42 Å². The van der Waals surface area contributed by atoms with Crippen LogP contribution in [0.15, 0.2) is 65.6 Å². The van der Waals surface area contributed by atoms with E-state index in [4.69, 9.17) is 11.6 Å². The topological polar surface area (TPSA) is 46.2 Å². The third-order valence-corrected chi connectivity index (χ3v) is 4.80. The van der Waals surface area contributed by atoms with Crippen LogP contribution < -0.4 is 4.72 Å². The largest absolute Gasteiger partial charge is 0.277 e. The van der Waals surface area contributed by atoms with Crippen molar-refractivity contribution in [2.24, 2.45) is 0 Å². The van der Waals surface area contributed by atoms with E-state index in [0.717, 1.165) is 16.8 Å². The fraction of sp³-hybridized carbons (Fsp3) is 0. The Morgan fingerprint density at radius 3 is 2.41 bits per heavy atom. The van der Waals surface area contributed by atoms with E-state index in [-0.39, 0.29) is 15.6 Å². The molecule has 0 amide bonds. The Balaban J connectivity index is 2.02. The van der Waals surface area contributed by atoms with Crippen molar-refractivity contribution in [3.05, 3.63) is 71.5 Å². The summed E-state index contributed by atoms with van der Waals surface area (Å²) < 4.78 is 40.7. The maximum Gasteiger partial charge on any atom is 0.262 e. The molecule has 0 heterocycles. The molecule has 22 heavy (non-hydrogen) atoms. The minimum atomic E-state index is -3.89. The number of anilines is 1. The van der Waals surface area contributed by atoms with E-state index in [2.05, 4.69) is 4.72 Å². The second-order valence-corrected chi connectivity index (χ2v) is 6.86. The number of hydrogen-bond donors (Lipinski definition) is 1. The highest BCUT2D eigenvalue weighted by atomic mass is 35.5. The van der Waals surface area contributed by atoms with Gasteiger partial charge in [-0.3, -0.25) is 4.72 Å². The number of fused-ring (bicyclic) bond motifs is 1.